The van der Waals surface area contributed by atoms with Gasteiger partial charge in [0.2, 0.25) is 0 Å². The second kappa shape index (κ2) is 10.0. The minimum absolute atomic E-state index is 0.00429. The first-order chi connectivity index (χ1) is 20.2. The lowest BCUT2D eigenvalue weighted by molar-refractivity contribution is 0.0950. The van der Waals surface area contributed by atoms with Gasteiger partial charge in [-0.05, 0) is 42.4 Å². The Morgan fingerprint density at radius 1 is 1.24 bits per heavy atom. The number of H-pyrrole nitrogens is 1. The number of aromatic amines is 1. The Balaban J connectivity index is 1.09. The fraction of sp³-hybridized carbons (Fsp3) is 0.321. The van der Waals surface area contributed by atoms with Crippen LogP contribution in [0.25, 0.3) is 11.2 Å². The first kappa shape index (κ1) is 26.3. The van der Waals surface area contributed by atoms with Gasteiger partial charge in [-0.25, -0.2) is 14.4 Å². The molecule has 0 saturated heterocycles. The van der Waals surface area contributed by atoms with Gasteiger partial charge in [0.1, 0.15) is 11.2 Å². The van der Waals surface area contributed by atoms with Gasteiger partial charge in [0.25, 0.3) is 5.91 Å². The van der Waals surface area contributed by atoms with Gasteiger partial charge in [0.05, 0.1) is 47.6 Å². The fourth-order valence-electron chi connectivity index (χ4n) is 5.31. The van der Waals surface area contributed by atoms with Crippen molar-refractivity contribution in [3.63, 3.8) is 0 Å². The number of tetrazole rings is 1. The molecule has 14 heteroatoms. The largest absolute Gasteiger partial charge is 0.346 e. The van der Waals surface area contributed by atoms with Crippen molar-refractivity contribution in [1.82, 2.24) is 54.5 Å². The molecule has 0 radical (unpaired) electrons. The van der Waals surface area contributed by atoms with Crippen LogP contribution in [0.15, 0.2) is 49.4 Å². The van der Waals surface area contributed by atoms with E-state index in [0.29, 0.717) is 36.0 Å². The molecule has 214 valence electrons. The Morgan fingerprint density at radius 2 is 2.10 bits per heavy atom. The van der Waals surface area contributed by atoms with Crippen LogP contribution in [-0.2, 0) is 24.9 Å². The average Bonchev–Trinajstić information content (AvgIpc) is 3.39. The highest BCUT2D eigenvalue weighted by atomic mass is 35.5. The first-order valence-corrected chi connectivity index (χ1v) is 14.0. The van der Waals surface area contributed by atoms with E-state index < -0.39 is 5.82 Å². The third kappa shape index (κ3) is 4.89. The summed E-state index contributed by atoms with van der Waals surface area (Å²) < 4.78 is 19.8. The van der Waals surface area contributed by atoms with Gasteiger partial charge in [0.15, 0.2) is 11.6 Å². The van der Waals surface area contributed by atoms with Gasteiger partial charge in [-0.15, -0.1) is 10.2 Å². The minimum atomic E-state index is -0.577. The van der Waals surface area contributed by atoms with E-state index in [1.807, 2.05) is 6.20 Å². The summed E-state index contributed by atoms with van der Waals surface area (Å²) in [6.07, 6.45) is 13.5. The SMILES string of the molecule is CC(C)(Cc1cc(C2CC2)cn2cc(Cn3cc(C(=O)NCc4ncn5ccc(Cl)c(F)c45)cn3)nc12)c1nn[nH]n1. The molecule has 7 rings (SSSR count). The van der Waals surface area contributed by atoms with Gasteiger partial charge in [-0.1, -0.05) is 36.7 Å². The van der Waals surface area contributed by atoms with Crippen molar-refractivity contribution in [2.45, 2.75) is 57.5 Å². The maximum Gasteiger partial charge on any atom is 0.254 e. The van der Waals surface area contributed by atoms with E-state index >= 15 is 0 Å². The van der Waals surface area contributed by atoms with Crippen molar-refractivity contribution in [2.24, 2.45) is 0 Å². The molecule has 2 N–H and O–H groups in total. The summed E-state index contributed by atoms with van der Waals surface area (Å²) in [5.74, 6) is 0.307. The number of nitrogens with zero attached hydrogens (tertiary/aromatic N) is 9. The molecular formula is C28H27ClFN11O. The second-order valence-corrected chi connectivity index (χ2v) is 11.8. The Kier molecular flexibility index (Phi) is 6.26. The number of aromatic nitrogens is 10. The number of rotatable bonds is 9. The van der Waals surface area contributed by atoms with Crippen LogP contribution in [-0.4, -0.2) is 55.1 Å². The van der Waals surface area contributed by atoms with Crippen LogP contribution in [0.5, 0.6) is 0 Å². The number of imidazole rings is 2. The number of carbonyl (C=O) groups is 1. The molecule has 0 unspecified atom stereocenters. The molecule has 0 bridgehead atoms. The Hall–Kier alpha value is -4.65. The lowest BCUT2D eigenvalue weighted by Gasteiger charge is -2.21. The smallest absolute Gasteiger partial charge is 0.254 e. The fourth-order valence-corrected chi connectivity index (χ4v) is 5.45. The molecule has 0 spiro atoms. The monoisotopic (exact) mass is 587 g/mol. The highest BCUT2D eigenvalue weighted by Gasteiger charge is 2.30. The standard InChI is InChI=1S/C28H27ClFN11O/c1-28(2,27-35-37-38-36-27)8-17-7-18(16-3-4-16)11-40-13-20(34-25(17)40)14-41-12-19(9-33-41)26(42)31-10-22-24-23(30)21(29)5-6-39(24)15-32-22/h5-7,9,11-13,15-16H,3-4,8,10,14H2,1-2H3,(H,31,42)(H,35,36,37,38). The molecule has 1 amide bonds. The molecule has 1 saturated carbocycles. The number of fused-ring (bicyclic) bond motifs is 2. The molecule has 6 aromatic heterocycles. The zero-order chi connectivity index (χ0) is 29.0. The van der Waals surface area contributed by atoms with Crippen molar-refractivity contribution in [2.75, 3.05) is 0 Å². The third-order valence-corrected chi connectivity index (χ3v) is 7.93. The van der Waals surface area contributed by atoms with Crippen molar-refractivity contribution >= 4 is 28.7 Å². The number of pyridine rings is 2. The first-order valence-electron chi connectivity index (χ1n) is 13.6. The summed E-state index contributed by atoms with van der Waals surface area (Å²) in [5.41, 5.74) is 4.75. The van der Waals surface area contributed by atoms with Crippen LogP contribution in [0, 0.1) is 5.82 Å². The normalized spacial score (nSPS) is 13.8. The molecule has 0 aromatic carbocycles. The van der Waals surface area contributed by atoms with E-state index in [0.717, 1.165) is 16.9 Å². The van der Waals surface area contributed by atoms with Crippen molar-refractivity contribution < 1.29 is 9.18 Å². The summed E-state index contributed by atoms with van der Waals surface area (Å²) in [4.78, 5) is 22.0. The number of halogens is 2. The molecule has 1 aliphatic carbocycles. The number of hydrogen-bond acceptors (Lipinski definition) is 7. The molecule has 6 aromatic rings. The topological polar surface area (TPSA) is 136 Å². The Morgan fingerprint density at radius 3 is 2.88 bits per heavy atom. The Labute approximate surface area is 243 Å². The van der Waals surface area contributed by atoms with E-state index in [9.17, 15) is 9.18 Å². The molecule has 6 heterocycles. The summed E-state index contributed by atoms with van der Waals surface area (Å²) in [7, 11) is 0. The van der Waals surface area contributed by atoms with Crippen LogP contribution in [0.3, 0.4) is 0 Å². The van der Waals surface area contributed by atoms with E-state index in [1.165, 1.54) is 41.4 Å². The predicted molar refractivity (Wildman–Crippen MR) is 151 cm³/mol. The van der Waals surface area contributed by atoms with Crippen LogP contribution in [0.4, 0.5) is 4.39 Å². The van der Waals surface area contributed by atoms with Gasteiger partial charge < -0.3 is 14.1 Å². The predicted octanol–water partition coefficient (Wildman–Crippen LogP) is 3.86. The van der Waals surface area contributed by atoms with Gasteiger partial charge in [-0.3, -0.25) is 9.48 Å². The summed E-state index contributed by atoms with van der Waals surface area (Å²) >= 11 is 5.92. The highest BCUT2D eigenvalue weighted by Crippen LogP contribution is 2.41. The molecule has 42 heavy (non-hydrogen) atoms. The molecule has 0 aliphatic heterocycles. The maximum absolute atomic E-state index is 14.5. The second-order valence-electron chi connectivity index (χ2n) is 11.4. The van der Waals surface area contributed by atoms with Crippen LogP contribution in [0.2, 0.25) is 5.02 Å². The van der Waals surface area contributed by atoms with E-state index in [4.69, 9.17) is 16.6 Å². The van der Waals surface area contributed by atoms with Crippen molar-refractivity contribution in [3.8, 4) is 0 Å². The van der Waals surface area contributed by atoms with Crippen molar-refractivity contribution in [1.29, 1.82) is 0 Å². The number of nitrogens with one attached hydrogen (secondary N) is 2. The van der Waals surface area contributed by atoms with Crippen LogP contribution < -0.4 is 5.32 Å². The van der Waals surface area contributed by atoms with Crippen molar-refractivity contribution in [3.05, 3.63) is 94.2 Å². The average molecular weight is 588 g/mol. The molecular weight excluding hydrogens is 561 g/mol. The van der Waals surface area contributed by atoms with Gasteiger partial charge in [0, 0.05) is 30.2 Å². The summed E-state index contributed by atoms with van der Waals surface area (Å²) in [6, 6.07) is 3.71. The summed E-state index contributed by atoms with van der Waals surface area (Å²) in [5, 5.41) is 21.9. The highest BCUT2D eigenvalue weighted by molar-refractivity contribution is 6.31. The lowest BCUT2D eigenvalue weighted by atomic mass is 9.85. The van der Waals surface area contributed by atoms with E-state index in [-0.39, 0.29) is 28.4 Å². The third-order valence-electron chi connectivity index (χ3n) is 7.63. The molecule has 12 nitrogen and oxygen atoms in total. The molecule has 1 aliphatic rings. The minimum Gasteiger partial charge on any atom is -0.346 e. The molecule has 0 atom stereocenters. The van der Waals surface area contributed by atoms with E-state index in [2.05, 4.69) is 66.5 Å². The van der Waals surface area contributed by atoms with Gasteiger partial charge >= 0.3 is 0 Å². The van der Waals surface area contributed by atoms with Crippen LogP contribution in [0.1, 0.15) is 71.3 Å². The van der Waals surface area contributed by atoms with E-state index in [1.54, 1.807) is 17.1 Å². The molecule has 1 fully saturated rings. The number of hydrogen-bond donors (Lipinski definition) is 2. The maximum atomic E-state index is 14.5. The quantitative estimate of drug-likeness (QED) is 0.262. The van der Waals surface area contributed by atoms with Gasteiger partial charge in [-0.2, -0.15) is 10.3 Å². The number of amides is 1. The zero-order valence-corrected chi connectivity index (χ0v) is 23.7. The van der Waals surface area contributed by atoms with Crippen LogP contribution >= 0.6 is 11.6 Å². The lowest BCUT2D eigenvalue weighted by Crippen LogP contribution is -2.23. The number of carbonyl (C=O) groups excluding carboxylic acids is 1. The zero-order valence-electron chi connectivity index (χ0n) is 22.9. The summed E-state index contributed by atoms with van der Waals surface area (Å²) in [6.45, 7) is 4.62. The Bertz CT molecular complexity index is 1930.